The van der Waals surface area contributed by atoms with Crippen LogP contribution in [0.1, 0.15) is 0 Å². The van der Waals surface area contributed by atoms with Crippen LogP contribution in [0.5, 0.6) is 11.5 Å². The van der Waals surface area contributed by atoms with Gasteiger partial charge in [0, 0.05) is 37.6 Å². The van der Waals surface area contributed by atoms with E-state index in [4.69, 9.17) is 19.2 Å². The largest absolute Gasteiger partial charge is 0.486 e. The Morgan fingerprint density at radius 1 is 1.04 bits per heavy atom. The Hall–Kier alpha value is -2.97. The fourth-order valence-electron chi connectivity index (χ4n) is 3.41. The Kier molecular flexibility index (Phi) is 4.64. The van der Waals surface area contributed by atoms with E-state index in [0.717, 1.165) is 53.5 Å². The third-order valence-electron chi connectivity index (χ3n) is 4.80. The Morgan fingerprint density at radius 2 is 1.93 bits per heavy atom. The molecule has 5 rings (SSSR count). The molecule has 1 fully saturated rings. The third-order valence-corrected chi connectivity index (χ3v) is 4.80. The van der Waals surface area contributed by atoms with Gasteiger partial charge in [-0.3, -0.25) is 4.98 Å². The van der Waals surface area contributed by atoms with Gasteiger partial charge in [0.25, 0.3) is 0 Å². The normalized spacial score (nSPS) is 18.8. The summed E-state index contributed by atoms with van der Waals surface area (Å²) in [6, 6.07) is 7.80. The van der Waals surface area contributed by atoms with E-state index in [2.05, 4.69) is 20.6 Å². The van der Waals surface area contributed by atoms with Crippen LogP contribution in [-0.2, 0) is 4.74 Å². The van der Waals surface area contributed by atoms with E-state index in [1.807, 2.05) is 24.3 Å². The SMILES string of the molecule is c1cnc2c(NCC3CNCCO3)nc(-c3ccc4c(c3)OCCO4)cc2n1. The van der Waals surface area contributed by atoms with E-state index in [0.29, 0.717) is 25.6 Å². The van der Waals surface area contributed by atoms with Crippen LogP contribution < -0.4 is 20.1 Å². The molecule has 0 amide bonds. The first kappa shape index (κ1) is 17.2. The lowest BCUT2D eigenvalue weighted by molar-refractivity contribution is 0.0372. The highest BCUT2D eigenvalue weighted by molar-refractivity contribution is 5.88. The summed E-state index contributed by atoms with van der Waals surface area (Å²) >= 11 is 0. The van der Waals surface area contributed by atoms with Crippen molar-refractivity contribution < 1.29 is 14.2 Å². The van der Waals surface area contributed by atoms with E-state index < -0.39 is 0 Å². The number of anilines is 1. The molecule has 3 aromatic rings. The van der Waals surface area contributed by atoms with Crippen LogP contribution in [0.4, 0.5) is 5.82 Å². The quantitative estimate of drug-likeness (QED) is 0.710. The topological polar surface area (TPSA) is 90.4 Å². The maximum Gasteiger partial charge on any atom is 0.162 e. The monoisotopic (exact) mass is 379 g/mol. The molecule has 144 valence electrons. The molecule has 2 aliphatic heterocycles. The molecular formula is C20H21N5O3. The fraction of sp³-hybridized carbons (Fsp3) is 0.350. The number of benzene rings is 1. The number of fused-ring (bicyclic) bond motifs is 2. The van der Waals surface area contributed by atoms with Crippen LogP contribution in [0.15, 0.2) is 36.7 Å². The summed E-state index contributed by atoms with van der Waals surface area (Å²) in [7, 11) is 0. The van der Waals surface area contributed by atoms with Crippen LogP contribution in [0.25, 0.3) is 22.3 Å². The van der Waals surface area contributed by atoms with Crippen LogP contribution in [0.3, 0.4) is 0 Å². The van der Waals surface area contributed by atoms with Gasteiger partial charge in [-0.15, -0.1) is 0 Å². The number of rotatable bonds is 4. The average Bonchev–Trinajstić information content (AvgIpc) is 2.77. The van der Waals surface area contributed by atoms with Gasteiger partial charge < -0.3 is 24.8 Å². The molecule has 4 heterocycles. The van der Waals surface area contributed by atoms with Gasteiger partial charge in [-0.05, 0) is 24.3 Å². The molecule has 1 atom stereocenters. The molecule has 2 aliphatic rings. The zero-order valence-corrected chi connectivity index (χ0v) is 15.4. The van der Waals surface area contributed by atoms with Gasteiger partial charge in [-0.2, -0.15) is 0 Å². The molecule has 2 aromatic heterocycles. The van der Waals surface area contributed by atoms with Gasteiger partial charge >= 0.3 is 0 Å². The smallest absolute Gasteiger partial charge is 0.162 e. The van der Waals surface area contributed by atoms with Gasteiger partial charge in [0.1, 0.15) is 18.7 Å². The Bertz CT molecular complexity index is 991. The summed E-state index contributed by atoms with van der Waals surface area (Å²) in [4.78, 5) is 13.7. The molecule has 8 nitrogen and oxygen atoms in total. The summed E-state index contributed by atoms with van der Waals surface area (Å²) < 4.78 is 17.1. The maximum atomic E-state index is 5.77. The lowest BCUT2D eigenvalue weighted by Crippen LogP contribution is -2.42. The molecule has 1 unspecified atom stereocenters. The highest BCUT2D eigenvalue weighted by Crippen LogP contribution is 2.35. The minimum absolute atomic E-state index is 0.0974. The van der Waals surface area contributed by atoms with E-state index in [9.17, 15) is 0 Å². The first-order chi connectivity index (χ1) is 13.9. The molecule has 0 bridgehead atoms. The summed E-state index contributed by atoms with van der Waals surface area (Å²) in [5, 5.41) is 6.73. The summed E-state index contributed by atoms with van der Waals surface area (Å²) in [5.74, 6) is 2.20. The summed E-state index contributed by atoms with van der Waals surface area (Å²) in [6.07, 6.45) is 3.46. The molecule has 2 N–H and O–H groups in total. The third kappa shape index (κ3) is 3.44. The number of morpholine rings is 1. The second-order valence-corrected chi connectivity index (χ2v) is 6.72. The number of aromatic nitrogens is 3. The number of ether oxygens (including phenoxy) is 3. The first-order valence-corrected chi connectivity index (χ1v) is 9.45. The summed E-state index contributed by atoms with van der Waals surface area (Å²) in [5.41, 5.74) is 3.27. The predicted octanol–water partition coefficient (Wildman–Crippen LogP) is 1.86. The molecule has 28 heavy (non-hydrogen) atoms. The van der Waals surface area contributed by atoms with E-state index in [1.54, 1.807) is 12.4 Å². The van der Waals surface area contributed by atoms with E-state index in [1.165, 1.54) is 0 Å². The number of nitrogens with one attached hydrogen (secondary N) is 2. The Balaban J connectivity index is 1.49. The average molecular weight is 379 g/mol. The first-order valence-electron chi connectivity index (χ1n) is 9.45. The van der Waals surface area contributed by atoms with E-state index in [-0.39, 0.29) is 6.10 Å². The molecule has 0 spiro atoms. The van der Waals surface area contributed by atoms with Gasteiger partial charge in [0.15, 0.2) is 17.3 Å². The van der Waals surface area contributed by atoms with Crippen molar-refractivity contribution in [3.8, 4) is 22.8 Å². The summed E-state index contributed by atoms with van der Waals surface area (Å²) in [6.45, 7) is 4.20. The highest BCUT2D eigenvalue weighted by Gasteiger charge is 2.17. The highest BCUT2D eigenvalue weighted by atomic mass is 16.6. The van der Waals surface area contributed by atoms with Crippen molar-refractivity contribution in [2.45, 2.75) is 6.10 Å². The molecule has 1 aromatic carbocycles. The molecule has 0 radical (unpaired) electrons. The molecule has 0 saturated carbocycles. The second kappa shape index (κ2) is 7.57. The van der Waals surface area contributed by atoms with Gasteiger partial charge in [0.2, 0.25) is 0 Å². The number of hydrogen-bond donors (Lipinski definition) is 2. The van der Waals surface area contributed by atoms with Gasteiger partial charge in [-0.25, -0.2) is 9.97 Å². The van der Waals surface area contributed by atoms with Crippen LogP contribution >= 0.6 is 0 Å². The Labute approximate surface area is 162 Å². The molecular weight excluding hydrogens is 358 g/mol. The molecule has 0 aliphatic carbocycles. The zero-order valence-electron chi connectivity index (χ0n) is 15.4. The van der Waals surface area contributed by atoms with Crippen molar-refractivity contribution in [3.05, 3.63) is 36.7 Å². The number of pyridine rings is 1. The van der Waals surface area contributed by atoms with Crippen molar-refractivity contribution in [2.24, 2.45) is 0 Å². The Morgan fingerprint density at radius 3 is 2.82 bits per heavy atom. The maximum absolute atomic E-state index is 5.77. The second-order valence-electron chi connectivity index (χ2n) is 6.72. The zero-order chi connectivity index (χ0) is 18.8. The van der Waals surface area contributed by atoms with E-state index >= 15 is 0 Å². The fourth-order valence-corrected chi connectivity index (χ4v) is 3.41. The minimum atomic E-state index is 0.0974. The van der Waals surface area contributed by atoms with Crippen molar-refractivity contribution in [1.82, 2.24) is 20.3 Å². The van der Waals surface area contributed by atoms with Gasteiger partial charge in [-0.1, -0.05) is 0 Å². The van der Waals surface area contributed by atoms with Crippen LogP contribution in [0.2, 0.25) is 0 Å². The predicted molar refractivity (Wildman–Crippen MR) is 105 cm³/mol. The van der Waals surface area contributed by atoms with Crippen molar-refractivity contribution >= 4 is 16.9 Å². The van der Waals surface area contributed by atoms with Crippen LogP contribution in [-0.4, -0.2) is 60.5 Å². The van der Waals surface area contributed by atoms with Crippen molar-refractivity contribution in [2.75, 3.05) is 44.8 Å². The standard InChI is InChI=1S/C20H21N5O3/c1-2-17-18(28-8-7-27-17)9-13(1)15-10-16-19(23-4-3-22-16)20(25-15)24-12-14-11-21-5-6-26-14/h1-4,9-10,14,21H,5-8,11-12H2,(H,24,25). The number of hydrogen-bond acceptors (Lipinski definition) is 8. The number of nitrogens with zero attached hydrogens (tertiary/aromatic N) is 3. The van der Waals surface area contributed by atoms with Crippen molar-refractivity contribution in [1.29, 1.82) is 0 Å². The minimum Gasteiger partial charge on any atom is -0.486 e. The van der Waals surface area contributed by atoms with Crippen LogP contribution in [0, 0.1) is 0 Å². The molecule has 8 heteroatoms. The van der Waals surface area contributed by atoms with Crippen molar-refractivity contribution in [3.63, 3.8) is 0 Å². The lowest BCUT2D eigenvalue weighted by atomic mass is 10.1. The van der Waals surface area contributed by atoms with Gasteiger partial charge in [0.05, 0.1) is 23.9 Å². The molecule has 1 saturated heterocycles. The lowest BCUT2D eigenvalue weighted by Gasteiger charge is -2.24.